The molecule has 360 valence electrons. The van der Waals surface area contributed by atoms with E-state index >= 15 is 0 Å². The molecular formula is C50H58BrN12O5P. The second-order valence-corrected chi connectivity index (χ2v) is 23.0. The third kappa shape index (κ3) is 9.38. The number of benzene rings is 3. The van der Waals surface area contributed by atoms with Crippen LogP contribution in [-0.2, 0) is 25.4 Å². The summed E-state index contributed by atoms with van der Waals surface area (Å²) < 4.78 is 22.0. The van der Waals surface area contributed by atoms with Gasteiger partial charge in [0.15, 0.2) is 0 Å². The maximum absolute atomic E-state index is 13.7. The number of hydrogen-bond acceptors (Lipinski definition) is 14. The Morgan fingerprint density at radius 1 is 0.899 bits per heavy atom. The molecule has 0 saturated carbocycles. The fourth-order valence-corrected chi connectivity index (χ4v) is 12.2. The van der Waals surface area contributed by atoms with Gasteiger partial charge in [0.25, 0.3) is 5.91 Å². The Morgan fingerprint density at radius 2 is 1.68 bits per heavy atom. The molecule has 1 unspecified atom stereocenters. The first-order chi connectivity index (χ1) is 33.2. The zero-order valence-corrected chi connectivity index (χ0v) is 42.1. The van der Waals surface area contributed by atoms with E-state index in [-0.39, 0.29) is 23.6 Å². The van der Waals surface area contributed by atoms with Gasteiger partial charge in [-0.3, -0.25) is 34.3 Å². The van der Waals surface area contributed by atoms with Gasteiger partial charge in [-0.05, 0) is 110 Å². The highest BCUT2D eigenvalue weighted by Gasteiger charge is 2.38. The van der Waals surface area contributed by atoms with Crippen molar-refractivity contribution in [2.24, 2.45) is 5.92 Å². The number of halogens is 1. The van der Waals surface area contributed by atoms with Crippen LogP contribution >= 0.6 is 23.1 Å². The number of amides is 3. The Hall–Kier alpha value is -6.10. The van der Waals surface area contributed by atoms with Crippen LogP contribution in [0, 0.1) is 12.8 Å². The second kappa shape index (κ2) is 19.0. The number of pyridine rings is 1. The second-order valence-electron chi connectivity index (χ2n) is 19.0. The molecule has 3 amide bonds. The Balaban J connectivity index is 0.730. The van der Waals surface area contributed by atoms with Crippen molar-refractivity contribution in [2.75, 3.05) is 93.2 Å². The number of nitrogens with zero attached hydrogens (tertiary/aromatic N) is 9. The Morgan fingerprint density at radius 3 is 2.41 bits per heavy atom. The minimum absolute atomic E-state index is 0.0266. The molecule has 7 heterocycles. The van der Waals surface area contributed by atoms with Crippen molar-refractivity contribution < 1.29 is 23.7 Å². The van der Waals surface area contributed by atoms with Crippen LogP contribution in [0.1, 0.15) is 49.9 Å². The van der Waals surface area contributed by atoms with E-state index in [0.29, 0.717) is 59.6 Å². The number of piperidine rings is 2. The number of methoxy groups -OCH3 is 1. The molecule has 4 aliphatic heterocycles. The van der Waals surface area contributed by atoms with Gasteiger partial charge < -0.3 is 34.6 Å². The van der Waals surface area contributed by atoms with E-state index in [1.165, 1.54) is 11.3 Å². The normalized spacial score (nSPS) is 18.7. The molecule has 0 spiro atoms. The van der Waals surface area contributed by atoms with Gasteiger partial charge in [0.1, 0.15) is 24.8 Å². The molecule has 19 heteroatoms. The number of aryl methyl sites for hydroxylation is 2. The lowest BCUT2D eigenvalue weighted by atomic mass is 9.96. The minimum Gasteiger partial charge on any atom is -0.494 e. The van der Waals surface area contributed by atoms with Crippen LogP contribution in [0.2, 0.25) is 0 Å². The molecule has 10 rings (SSSR count). The summed E-state index contributed by atoms with van der Waals surface area (Å²) in [5.74, 6) is 1.26. The number of fused-ring (bicyclic) bond motifs is 2. The largest absolute Gasteiger partial charge is 0.494 e. The number of imide groups is 1. The molecule has 4 saturated heterocycles. The standard InChI is InChI=1S/C50H58BrN12O5P/c1-6-31-24-40(56-50-52-27-37(51)47(58-50)55-39-11-10-38-36(9-7-30(2)54-38)46(39)69(4,5)67)44(68-3)25-43(31)60-17-15-34(16-18-60)59-19-21-61(22-20-59)49(66)33-28-62(29-33)35-8-12-41-32(23-35)26-53-63(41)42-13-14-45(64)57-48(42)65/h7-12,23-27,33-34,42H,6,13-22,28-29H2,1-5H3,(H,57,64,65)(H2,52,55,56,58). The van der Waals surface area contributed by atoms with E-state index in [0.717, 1.165) is 103 Å². The molecule has 17 nitrogen and oxygen atoms in total. The van der Waals surface area contributed by atoms with Crippen molar-refractivity contribution in [2.45, 2.75) is 58.0 Å². The maximum atomic E-state index is 13.7. The van der Waals surface area contributed by atoms with Crippen LogP contribution in [0.4, 0.5) is 34.5 Å². The van der Waals surface area contributed by atoms with Crippen LogP contribution in [0.25, 0.3) is 21.8 Å². The molecule has 4 fully saturated rings. The summed E-state index contributed by atoms with van der Waals surface area (Å²) in [7, 11) is -1.06. The SMILES string of the molecule is CCc1cc(Nc2ncc(Br)c(Nc3ccc4nc(C)ccc4c3P(C)(C)=O)n2)c(OC)cc1N1CCC(N2CCN(C(=O)C3CN(c4ccc5c(cnn5C5CCC(=O)NC5=O)c4)C3)CC2)CC1. The summed E-state index contributed by atoms with van der Waals surface area (Å²) in [4.78, 5) is 61.3. The van der Waals surface area contributed by atoms with Crippen molar-refractivity contribution in [3.63, 3.8) is 0 Å². The van der Waals surface area contributed by atoms with Crippen molar-refractivity contribution in [1.82, 2.24) is 39.8 Å². The number of anilines is 6. The van der Waals surface area contributed by atoms with Crippen molar-refractivity contribution in [3.8, 4) is 5.75 Å². The van der Waals surface area contributed by atoms with Gasteiger partial charge in [-0.25, -0.2) is 4.98 Å². The van der Waals surface area contributed by atoms with Crippen molar-refractivity contribution >= 4 is 102 Å². The lowest BCUT2D eigenvalue weighted by Gasteiger charge is -2.46. The molecule has 0 bridgehead atoms. The summed E-state index contributed by atoms with van der Waals surface area (Å²) in [6, 6.07) is 18.1. The third-order valence-electron chi connectivity index (χ3n) is 14.2. The molecule has 3 aromatic heterocycles. The van der Waals surface area contributed by atoms with Crippen LogP contribution in [0.15, 0.2) is 71.5 Å². The average Bonchev–Trinajstić information content (AvgIpc) is 3.74. The number of hydrogen-bond donors (Lipinski definition) is 3. The zero-order chi connectivity index (χ0) is 48.1. The van der Waals surface area contributed by atoms with E-state index < -0.39 is 13.2 Å². The number of ether oxygens (including phenoxy) is 1. The fraction of sp³-hybridized carbons (Fsp3) is 0.420. The highest BCUT2D eigenvalue weighted by molar-refractivity contribution is 9.10. The number of carbonyl (C=O) groups is 3. The summed E-state index contributed by atoms with van der Waals surface area (Å²) in [6.45, 7) is 14.1. The topological polar surface area (TPSA) is 183 Å². The van der Waals surface area contributed by atoms with Crippen molar-refractivity contribution in [1.29, 1.82) is 0 Å². The maximum Gasteiger partial charge on any atom is 0.251 e. The summed E-state index contributed by atoms with van der Waals surface area (Å²) in [5.41, 5.74) is 7.42. The summed E-state index contributed by atoms with van der Waals surface area (Å²) in [6.07, 6.45) is 7.10. The van der Waals surface area contributed by atoms with E-state index in [1.54, 1.807) is 37.5 Å². The average molecular weight is 1020 g/mol. The number of rotatable bonds is 12. The fourth-order valence-electron chi connectivity index (χ4n) is 10.5. The first kappa shape index (κ1) is 46.6. The quantitative estimate of drug-likeness (QED) is 0.0844. The lowest BCUT2D eigenvalue weighted by Crippen LogP contribution is -2.59. The van der Waals surface area contributed by atoms with Crippen LogP contribution in [0.5, 0.6) is 5.75 Å². The van der Waals surface area contributed by atoms with E-state index in [4.69, 9.17) is 9.72 Å². The van der Waals surface area contributed by atoms with E-state index in [9.17, 15) is 18.9 Å². The molecule has 69 heavy (non-hydrogen) atoms. The Labute approximate surface area is 409 Å². The van der Waals surface area contributed by atoms with Gasteiger partial charge in [-0.2, -0.15) is 10.1 Å². The van der Waals surface area contributed by atoms with Gasteiger partial charge in [0, 0.05) is 110 Å². The first-order valence-electron chi connectivity index (χ1n) is 23.8. The minimum atomic E-state index is -2.74. The summed E-state index contributed by atoms with van der Waals surface area (Å²) in [5, 5.41) is 16.3. The van der Waals surface area contributed by atoms with Crippen LogP contribution in [0.3, 0.4) is 0 Å². The van der Waals surface area contributed by atoms with Crippen LogP contribution < -0.4 is 35.8 Å². The highest BCUT2D eigenvalue weighted by Crippen LogP contribution is 2.43. The van der Waals surface area contributed by atoms with Gasteiger partial charge in [0.05, 0.1) is 46.1 Å². The number of aromatic nitrogens is 5. The molecule has 3 N–H and O–H groups in total. The predicted molar refractivity (Wildman–Crippen MR) is 274 cm³/mol. The number of piperazine rings is 1. The Kier molecular flexibility index (Phi) is 12.8. The smallest absolute Gasteiger partial charge is 0.251 e. The number of carbonyl (C=O) groups excluding carboxylic acids is 3. The first-order valence-corrected chi connectivity index (χ1v) is 27.2. The highest BCUT2D eigenvalue weighted by atomic mass is 79.9. The molecule has 0 radical (unpaired) electrons. The van der Waals surface area contributed by atoms with Gasteiger partial charge in [-0.1, -0.05) is 13.0 Å². The molecule has 0 aliphatic carbocycles. The van der Waals surface area contributed by atoms with Crippen LogP contribution in [-0.4, -0.2) is 131 Å². The lowest BCUT2D eigenvalue weighted by molar-refractivity contribution is -0.138. The molecule has 1 atom stereocenters. The van der Waals surface area contributed by atoms with Gasteiger partial charge in [0.2, 0.25) is 17.8 Å². The van der Waals surface area contributed by atoms with Gasteiger partial charge in [-0.15, -0.1) is 0 Å². The molecule has 4 aliphatic rings. The monoisotopic (exact) mass is 1020 g/mol. The zero-order valence-electron chi connectivity index (χ0n) is 39.7. The Bertz CT molecular complexity index is 3030. The van der Waals surface area contributed by atoms with E-state index in [1.807, 2.05) is 43.3 Å². The third-order valence-corrected chi connectivity index (χ3v) is 16.3. The van der Waals surface area contributed by atoms with Gasteiger partial charge >= 0.3 is 0 Å². The molecular weight excluding hydrogens is 960 g/mol. The molecule has 6 aromatic rings. The molecule has 3 aromatic carbocycles. The van der Waals surface area contributed by atoms with Crippen molar-refractivity contribution in [3.05, 3.63) is 82.7 Å². The summed E-state index contributed by atoms with van der Waals surface area (Å²) >= 11 is 3.62. The predicted octanol–water partition coefficient (Wildman–Crippen LogP) is 6.98. The van der Waals surface area contributed by atoms with E-state index in [2.05, 4.69) is 91.7 Å². The number of nitrogens with one attached hydrogen (secondary N) is 3.